The fourth-order valence-corrected chi connectivity index (χ4v) is 4.09. The first kappa shape index (κ1) is 25.6. The molecule has 0 saturated heterocycles. The topological polar surface area (TPSA) is 0 Å². The van der Waals surface area contributed by atoms with E-state index in [1.165, 1.54) is 42.0 Å². The largest absolute Gasteiger partial charge is 0.270 e. The van der Waals surface area contributed by atoms with Gasteiger partial charge in [0.1, 0.15) is 0 Å². The van der Waals surface area contributed by atoms with Crippen LogP contribution in [0.2, 0.25) is 0 Å². The molecule has 1 aliphatic rings. The van der Waals surface area contributed by atoms with Crippen molar-refractivity contribution in [3.05, 3.63) is 88.6 Å². The molecule has 2 rings (SSSR count). The lowest BCUT2D eigenvalue weighted by Crippen LogP contribution is -2.08. The van der Waals surface area contributed by atoms with E-state index in [-0.39, 0.29) is 5.56 Å². The summed E-state index contributed by atoms with van der Waals surface area (Å²) in [5.41, 5.74) is 6.97. The molecule has 32 heavy (non-hydrogen) atoms. The predicted octanol–water partition coefficient (Wildman–Crippen LogP) is 9.16. The van der Waals surface area contributed by atoms with Crippen molar-refractivity contribution in [2.24, 2.45) is 5.92 Å². The van der Waals surface area contributed by atoms with Crippen molar-refractivity contribution in [2.45, 2.75) is 72.1 Å². The molecule has 1 aliphatic carbocycles. The first-order chi connectivity index (χ1) is 15.0. The highest BCUT2D eigenvalue weighted by Crippen LogP contribution is 2.35. The van der Waals surface area contributed by atoms with E-state index in [1.807, 2.05) is 12.1 Å². The summed E-state index contributed by atoms with van der Waals surface area (Å²) in [4.78, 5) is 0. The van der Waals surface area contributed by atoms with Crippen molar-refractivity contribution in [3.8, 4) is 12.3 Å². The lowest BCUT2D eigenvalue weighted by atomic mass is 9.88. The summed E-state index contributed by atoms with van der Waals surface area (Å²) in [6, 6.07) is 4.76. The monoisotopic (exact) mass is 434 g/mol. The zero-order chi connectivity index (χ0) is 23.9. The minimum atomic E-state index is -2.93. The smallest absolute Gasteiger partial charge is 0.202 e. The highest BCUT2D eigenvalue weighted by atomic mass is 19.3. The van der Waals surface area contributed by atoms with Gasteiger partial charge in [-0.3, -0.25) is 0 Å². The summed E-state index contributed by atoms with van der Waals surface area (Å²) in [6.45, 7) is 15.5. The summed E-state index contributed by atoms with van der Waals surface area (Å²) in [5, 5.41) is 0. The van der Waals surface area contributed by atoms with Gasteiger partial charge in [-0.2, -0.15) is 0 Å². The second-order valence-electron chi connectivity index (χ2n) is 9.28. The van der Waals surface area contributed by atoms with Gasteiger partial charge in [-0.25, -0.2) is 8.78 Å². The molecule has 0 heterocycles. The van der Waals surface area contributed by atoms with Crippen molar-refractivity contribution in [1.82, 2.24) is 0 Å². The summed E-state index contributed by atoms with van der Waals surface area (Å²) < 4.78 is 27.9. The van der Waals surface area contributed by atoms with Crippen LogP contribution in [0.5, 0.6) is 0 Å². The van der Waals surface area contributed by atoms with Gasteiger partial charge < -0.3 is 0 Å². The average Bonchev–Trinajstić information content (AvgIpc) is 3.19. The van der Waals surface area contributed by atoms with Crippen LogP contribution in [0, 0.1) is 18.3 Å². The zero-order valence-corrected chi connectivity index (χ0v) is 20.0. The van der Waals surface area contributed by atoms with Crippen molar-refractivity contribution in [3.63, 3.8) is 0 Å². The van der Waals surface area contributed by atoms with E-state index in [1.54, 1.807) is 6.07 Å². The number of terminal acetylenes is 1. The molecular weight excluding hydrogens is 398 g/mol. The summed E-state index contributed by atoms with van der Waals surface area (Å²) in [5.74, 6) is 0.00677. The van der Waals surface area contributed by atoms with Gasteiger partial charge in [0.2, 0.25) is 0 Å². The molecule has 1 unspecified atom stereocenters. The van der Waals surface area contributed by atoms with E-state index in [0.717, 1.165) is 36.5 Å². The molecule has 0 aromatic heterocycles. The van der Waals surface area contributed by atoms with Gasteiger partial charge >= 0.3 is 0 Å². The molecule has 1 aromatic rings. The van der Waals surface area contributed by atoms with Crippen LogP contribution in [0.4, 0.5) is 8.78 Å². The number of allylic oxidation sites excluding steroid dienone is 8. The van der Waals surface area contributed by atoms with Gasteiger partial charge in [-0.15, -0.1) is 13.0 Å². The van der Waals surface area contributed by atoms with E-state index >= 15 is 0 Å². The van der Waals surface area contributed by atoms with Crippen molar-refractivity contribution in [1.29, 1.82) is 0 Å². The van der Waals surface area contributed by atoms with Crippen molar-refractivity contribution < 1.29 is 8.78 Å². The fourth-order valence-electron chi connectivity index (χ4n) is 4.09. The van der Waals surface area contributed by atoms with E-state index < -0.39 is 5.92 Å². The molecule has 0 saturated carbocycles. The van der Waals surface area contributed by atoms with Crippen molar-refractivity contribution >= 4 is 5.57 Å². The molecule has 0 spiro atoms. The highest BCUT2D eigenvalue weighted by Gasteiger charge is 2.26. The molecule has 170 valence electrons. The molecule has 1 atom stereocenters. The maximum absolute atomic E-state index is 13.9. The average molecular weight is 435 g/mol. The lowest BCUT2D eigenvalue weighted by molar-refractivity contribution is 0.0174. The minimum absolute atomic E-state index is 0.0456. The van der Waals surface area contributed by atoms with E-state index in [4.69, 9.17) is 6.42 Å². The Morgan fingerprint density at radius 2 is 1.88 bits per heavy atom. The second-order valence-corrected chi connectivity index (χ2v) is 9.28. The third kappa shape index (κ3) is 7.49. The van der Waals surface area contributed by atoms with E-state index in [0.29, 0.717) is 17.9 Å². The Balaban J connectivity index is 2.09. The molecule has 0 amide bonds. The Kier molecular flexibility index (Phi) is 9.02. The number of halogens is 2. The molecule has 0 nitrogen and oxygen atoms in total. The number of rotatable bonds is 11. The number of unbranched alkanes of at least 4 members (excludes halogenated alkanes) is 2. The maximum Gasteiger partial charge on any atom is 0.270 e. The van der Waals surface area contributed by atoms with Gasteiger partial charge in [0.15, 0.2) is 0 Å². The van der Waals surface area contributed by atoms with Gasteiger partial charge in [0.05, 0.1) is 0 Å². The standard InChI is InChI=1S/C30H36F2/c1-8-24-16-27(20-28(18-24)30(7,31)32)26-15-14-25(17-26)19-29(22(4)5)23(6)13-11-9-10-12-21(2)3/h1,14-16,18-20,23H,2,4,9-13,17H2,3,5-7H3/b29-19-. The van der Waals surface area contributed by atoms with Crippen LogP contribution in [0.1, 0.15) is 82.9 Å². The SMILES string of the molecule is C#Cc1cc(C2=CC=C(/C=C(/C(=C)C)C(C)CCCCCC(=C)C)C2)cc(C(C)(F)F)c1. The molecule has 0 radical (unpaired) electrons. The predicted molar refractivity (Wildman–Crippen MR) is 135 cm³/mol. The third-order valence-corrected chi connectivity index (χ3v) is 5.98. The van der Waals surface area contributed by atoms with Crippen molar-refractivity contribution in [2.75, 3.05) is 0 Å². The molecule has 0 fully saturated rings. The Labute approximate surface area is 193 Å². The minimum Gasteiger partial charge on any atom is -0.202 e. The maximum atomic E-state index is 13.9. The molecule has 0 bridgehead atoms. The van der Waals surface area contributed by atoms with Crippen LogP contribution in [-0.2, 0) is 5.92 Å². The normalized spacial score (nSPS) is 15.1. The second kappa shape index (κ2) is 11.3. The van der Waals surface area contributed by atoms with Crippen LogP contribution < -0.4 is 0 Å². The summed E-state index contributed by atoms with van der Waals surface area (Å²) >= 11 is 0. The van der Waals surface area contributed by atoms with Gasteiger partial charge in [-0.1, -0.05) is 61.6 Å². The quantitative estimate of drug-likeness (QED) is 0.141. The summed E-state index contributed by atoms with van der Waals surface area (Å²) in [6.07, 6.45) is 18.4. The van der Waals surface area contributed by atoms with Crippen LogP contribution in [0.15, 0.2) is 71.9 Å². The lowest BCUT2D eigenvalue weighted by Gasteiger charge is -2.17. The van der Waals surface area contributed by atoms with Crippen LogP contribution >= 0.6 is 0 Å². The number of hydrogen-bond donors (Lipinski definition) is 0. The molecular formula is C30H36F2. The fraction of sp³-hybridized carbons (Fsp3) is 0.400. The first-order valence-electron chi connectivity index (χ1n) is 11.4. The van der Waals surface area contributed by atoms with Crippen LogP contribution in [0.25, 0.3) is 5.57 Å². The molecule has 0 aliphatic heterocycles. The Bertz CT molecular complexity index is 987. The number of hydrogen-bond acceptors (Lipinski definition) is 0. The molecule has 2 heteroatoms. The van der Waals surface area contributed by atoms with E-state index in [2.05, 4.69) is 52.0 Å². The van der Waals surface area contributed by atoms with Crippen LogP contribution in [-0.4, -0.2) is 0 Å². The highest BCUT2D eigenvalue weighted by molar-refractivity contribution is 5.75. The Morgan fingerprint density at radius 1 is 1.16 bits per heavy atom. The zero-order valence-electron chi connectivity index (χ0n) is 20.0. The van der Waals surface area contributed by atoms with Gasteiger partial charge in [-0.05, 0) is 85.9 Å². The number of alkyl halides is 2. The number of benzene rings is 1. The first-order valence-corrected chi connectivity index (χ1v) is 11.4. The van der Waals surface area contributed by atoms with E-state index in [9.17, 15) is 8.78 Å². The summed E-state index contributed by atoms with van der Waals surface area (Å²) in [7, 11) is 0. The van der Waals surface area contributed by atoms with Gasteiger partial charge in [0.25, 0.3) is 5.92 Å². The Hall–Kier alpha value is -2.66. The molecule has 0 N–H and O–H groups in total. The molecule has 1 aromatic carbocycles. The van der Waals surface area contributed by atoms with Crippen LogP contribution in [0.3, 0.4) is 0 Å². The van der Waals surface area contributed by atoms with Gasteiger partial charge in [0, 0.05) is 18.1 Å². The Morgan fingerprint density at radius 3 is 2.47 bits per heavy atom. The third-order valence-electron chi connectivity index (χ3n) is 5.98.